The molecule has 1 unspecified atom stereocenters. The number of hydrogen-bond donors (Lipinski definition) is 0. The number of hydrogen-bond acceptors (Lipinski definition) is 4. The maximum absolute atomic E-state index is 13.2. The largest absolute Gasteiger partial charge is 0.426 e. The Morgan fingerprint density at radius 1 is 1.16 bits per heavy atom. The van der Waals surface area contributed by atoms with Crippen LogP contribution >= 0.6 is 0 Å². The molecule has 0 aliphatic heterocycles. The van der Waals surface area contributed by atoms with Crippen LogP contribution in [0.15, 0.2) is 67.0 Å². The molecule has 0 spiro atoms. The number of benzene rings is 2. The molecular weight excluding hydrogens is 407 g/mol. The monoisotopic (exact) mass is 432 g/mol. The lowest BCUT2D eigenvalue weighted by Crippen LogP contribution is -2.07. The molecule has 2 heterocycles. The van der Waals surface area contributed by atoms with Crippen molar-refractivity contribution in [3.8, 4) is 22.6 Å². The zero-order valence-electron chi connectivity index (χ0n) is 18.3. The minimum absolute atomic E-state index is 0.129. The van der Waals surface area contributed by atoms with Crippen molar-refractivity contribution < 1.29 is 18.7 Å². The fourth-order valence-electron chi connectivity index (χ4n) is 3.77. The Balaban J connectivity index is 1.87. The molecule has 6 heteroatoms. The number of esters is 1. The number of halogens is 1. The first kappa shape index (κ1) is 21.7. The van der Waals surface area contributed by atoms with Crippen molar-refractivity contribution in [1.29, 1.82) is 0 Å². The van der Waals surface area contributed by atoms with Crippen LogP contribution in [0.3, 0.4) is 0 Å². The minimum Gasteiger partial charge on any atom is -0.426 e. The molecule has 2 aromatic carbocycles. The van der Waals surface area contributed by atoms with E-state index in [9.17, 15) is 9.18 Å². The SMILES string of the molecule is CCC(=O)Oc1cc(CF)ccc1-c1ccc2c(c1)cc(C(C)OC)n2-c1cccnc1. The fourth-order valence-corrected chi connectivity index (χ4v) is 3.77. The molecule has 0 aliphatic carbocycles. The van der Waals surface area contributed by atoms with Gasteiger partial charge < -0.3 is 14.0 Å². The van der Waals surface area contributed by atoms with Crippen LogP contribution in [0.5, 0.6) is 5.75 Å². The van der Waals surface area contributed by atoms with Gasteiger partial charge in [0.2, 0.25) is 0 Å². The summed E-state index contributed by atoms with van der Waals surface area (Å²) < 4.78 is 26.5. The second-order valence-corrected chi connectivity index (χ2v) is 7.56. The first-order chi connectivity index (χ1) is 15.5. The summed E-state index contributed by atoms with van der Waals surface area (Å²) in [5.41, 5.74) is 5.03. The summed E-state index contributed by atoms with van der Waals surface area (Å²) in [7, 11) is 1.68. The van der Waals surface area contributed by atoms with E-state index in [1.807, 2.05) is 43.5 Å². The van der Waals surface area contributed by atoms with Crippen molar-refractivity contribution in [1.82, 2.24) is 9.55 Å². The average Bonchev–Trinajstić information content (AvgIpc) is 3.22. The summed E-state index contributed by atoms with van der Waals surface area (Å²) in [5, 5.41) is 1.01. The third-order valence-corrected chi connectivity index (χ3v) is 5.53. The van der Waals surface area contributed by atoms with E-state index in [-0.39, 0.29) is 18.5 Å². The maximum atomic E-state index is 13.2. The number of alkyl halides is 1. The molecule has 0 bridgehead atoms. The number of carbonyl (C=O) groups excluding carboxylic acids is 1. The van der Waals surface area contributed by atoms with Crippen molar-refractivity contribution in [3.05, 3.63) is 78.2 Å². The van der Waals surface area contributed by atoms with Gasteiger partial charge in [0.1, 0.15) is 12.4 Å². The van der Waals surface area contributed by atoms with Crippen LogP contribution in [-0.4, -0.2) is 22.6 Å². The lowest BCUT2D eigenvalue weighted by molar-refractivity contribution is -0.133. The number of pyridine rings is 1. The van der Waals surface area contributed by atoms with E-state index in [0.29, 0.717) is 11.3 Å². The molecule has 0 saturated carbocycles. The van der Waals surface area contributed by atoms with E-state index >= 15 is 0 Å². The highest BCUT2D eigenvalue weighted by atomic mass is 19.1. The Morgan fingerprint density at radius 2 is 2.00 bits per heavy atom. The summed E-state index contributed by atoms with van der Waals surface area (Å²) in [6, 6.07) is 17.1. The molecule has 0 fully saturated rings. The Kier molecular flexibility index (Phi) is 6.32. The fraction of sp³-hybridized carbons (Fsp3) is 0.231. The molecule has 5 nitrogen and oxygen atoms in total. The quantitative estimate of drug-likeness (QED) is 0.258. The van der Waals surface area contributed by atoms with Gasteiger partial charge in [-0.05, 0) is 54.4 Å². The van der Waals surface area contributed by atoms with Crippen molar-refractivity contribution in [2.75, 3.05) is 7.11 Å². The zero-order chi connectivity index (χ0) is 22.7. The normalized spacial score (nSPS) is 12.1. The number of methoxy groups -OCH3 is 1. The predicted octanol–water partition coefficient (Wildman–Crippen LogP) is 6.18. The van der Waals surface area contributed by atoms with Crippen molar-refractivity contribution in [3.63, 3.8) is 0 Å². The number of nitrogens with zero attached hydrogens (tertiary/aromatic N) is 2. The highest BCUT2D eigenvalue weighted by Gasteiger charge is 2.18. The third-order valence-electron chi connectivity index (χ3n) is 5.53. The van der Waals surface area contributed by atoms with E-state index in [2.05, 4.69) is 15.6 Å². The van der Waals surface area contributed by atoms with Crippen molar-refractivity contribution in [2.45, 2.75) is 33.0 Å². The van der Waals surface area contributed by atoms with E-state index in [1.54, 1.807) is 38.4 Å². The molecule has 0 N–H and O–H groups in total. The van der Waals surface area contributed by atoms with Crippen LogP contribution in [0.1, 0.15) is 37.6 Å². The van der Waals surface area contributed by atoms with E-state index in [4.69, 9.17) is 9.47 Å². The standard InChI is InChI=1S/C26H25FN2O3/c1-4-26(30)32-25-12-18(15-27)7-9-22(25)19-8-10-23-20(13-19)14-24(17(2)31-3)29(23)21-6-5-11-28-16-21/h5-14,16-17H,4,15H2,1-3H3. The van der Waals surface area contributed by atoms with Crippen LogP contribution in [0.2, 0.25) is 0 Å². The van der Waals surface area contributed by atoms with Gasteiger partial charge in [-0.1, -0.05) is 25.1 Å². The first-order valence-electron chi connectivity index (χ1n) is 10.5. The van der Waals surface area contributed by atoms with Crippen LogP contribution in [-0.2, 0) is 16.2 Å². The third kappa shape index (κ3) is 4.14. The molecule has 1 atom stereocenters. The van der Waals surface area contributed by atoms with Gasteiger partial charge in [-0.15, -0.1) is 0 Å². The number of rotatable bonds is 7. The molecule has 0 saturated heterocycles. The lowest BCUT2D eigenvalue weighted by atomic mass is 10.0. The second kappa shape index (κ2) is 9.32. The van der Waals surface area contributed by atoms with Gasteiger partial charge in [-0.25, -0.2) is 4.39 Å². The summed E-state index contributed by atoms with van der Waals surface area (Å²) >= 11 is 0. The average molecular weight is 432 g/mol. The van der Waals surface area contributed by atoms with E-state index in [1.165, 1.54) is 0 Å². The summed E-state index contributed by atoms with van der Waals surface area (Å²) in [6.45, 7) is 3.11. The van der Waals surface area contributed by atoms with Gasteiger partial charge >= 0.3 is 5.97 Å². The topological polar surface area (TPSA) is 53.4 Å². The molecule has 2 aromatic heterocycles. The molecular formula is C26H25FN2O3. The second-order valence-electron chi connectivity index (χ2n) is 7.56. The lowest BCUT2D eigenvalue weighted by Gasteiger charge is -2.15. The van der Waals surface area contributed by atoms with Gasteiger partial charge in [0, 0.05) is 30.7 Å². The van der Waals surface area contributed by atoms with E-state index in [0.717, 1.165) is 33.4 Å². The Labute approximate surface area is 186 Å². The van der Waals surface area contributed by atoms with Gasteiger partial charge in [-0.2, -0.15) is 0 Å². The molecule has 4 aromatic rings. The van der Waals surface area contributed by atoms with Crippen LogP contribution in [0, 0.1) is 0 Å². The van der Waals surface area contributed by atoms with Gasteiger partial charge in [0.25, 0.3) is 0 Å². The molecule has 4 rings (SSSR count). The number of fused-ring (bicyclic) bond motifs is 1. The van der Waals surface area contributed by atoms with Gasteiger partial charge in [0.15, 0.2) is 0 Å². The van der Waals surface area contributed by atoms with Crippen LogP contribution in [0.25, 0.3) is 27.7 Å². The number of carbonyl (C=O) groups is 1. The highest BCUT2D eigenvalue weighted by Crippen LogP contribution is 2.36. The highest BCUT2D eigenvalue weighted by molar-refractivity contribution is 5.89. The Bertz CT molecular complexity index is 1250. The smallest absolute Gasteiger partial charge is 0.310 e. The molecule has 0 aliphatic rings. The predicted molar refractivity (Wildman–Crippen MR) is 123 cm³/mol. The summed E-state index contributed by atoms with van der Waals surface area (Å²) in [5.74, 6) is 0.00537. The molecule has 0 radical (unpaired) electrons. The minimum atomic E-state index is -0.623. The maximum Gasteiger partial charge on any atom is 0.310 e. The summed E-state index contributed by atoms with van der Waals surface area (Å²) in [4.78, 5) is 16.2. The first-order valence-corrected chi connectivity index (χ1v) is 10.5. The molecule has 164 valence electrons. The van der Waals surface area contributed by atoms with Crippen molar-refractivity contribution >= 4 is 16.9 Å². The van der Waals surface area contributed by atoms with Gasteiger partial charge in [0.05, 0.1) is 29.2 Å². The molecule has 0 amide bonds. The number of ether oxygens (including phenoxy) is 2. The van der Waals surface area contributed by atoms with Gasteiger partial charge in [-0.3, -0.25) is 9.78 Å². The van der Waals surface area contributed by atoms with Crippen molar-refractivity contribution in [2.24, 2.45) is 0 Å². The zero-order valence-corrected chi connectivity index (χ0v) is 18.3. The molecule has 32 heavy (non-hydrogen) atoms. The number of aromatic nitrogens is 2. The van der Waals surface area contributed by atoms with E-state index < -0.39 is 6.67 Å². The Hall–Kier alpha value is -3.51. The Morgan fingerprint density at radius 3 is 2.69 bits per heavy atom. The van der Waals surface area contributed by atoms with Crippen LogP contribution < -0.4 is 4.74 Å². The summed E-state index contributed by atoms with van der Waals surface area (Å²) in [6.07, 6.45) is 3.67. The van der Waals surface area contributed by atoms with Crippen LogP contribution in [0.4, 0.5) is 4.39 Å².